The highest BCUT2D eigenvalue weighted by molar-refractivity contribution is 7.96. The molecule has 1 aromatic carbocycles. The monoisotopic (exact) mass is 474 g/mol. The number of hydrogen-bond donors (Lipinski definition) is 2. The van der Waals surface area contributed by atoms with Crippen LogP contribution in [0.25, 0.3) is 0 Å². The third-order valence-corrected chi connectivity index (χ3v) is 7.64. The van der Waals surface area contributed by atoms with Crippen LogP contribution in [0.15, 0.2) is 48.9 Å². The second kappa shape index (κ2) is 8.92. The van der Waals surface area contributed by atoms with Crippen LogP contribution >= 0.6 is 11.9 Å². The number of ether oxygens (including phenoxy) is 1. The number of nitrogens with zero attached hydrogens (tertiary/aromatic N) is 4. The molecule has 0 radical (unpaired) electrons. The first kappa shape index (κ1) is 22.7. The molecule has 8 heteroatoms. The second-order valence-electron chi connectivity index (χ2n) is 9.41. The molecule has 0 saturated carbocycles. The zero-order chi connectivity index (χ0) is 23.9. The van der Waals surface area contributed by atoms with Crippen molar-refractivity contribution in [2.45, 2.75) is 20.5 Å². The van der Waals surface area contributed by atoms with E-state index in [1.54, 1.807) is 12.3 Å². The van der Waals surface area contributed by atoms with Crippen molar-refractivity contribution in [3.05, 3.63) is 76.7 Å². The summed E-state index contributed by atoms with van der Waals surface area (Å²) in [4.78, 5) is 11.2. The molecule has 3 N–H and O–H groups in total. The minimum absolute atomic E-state index is 0.341. The molecule has 2 fully saturated rings. The van der Waals surface area contributed by atoms with Crippen molar-refractivity contribution in [1.29, 1.82) is 5.41 Å². The number of nitrogens with two attached hydrogens (primary N) is 1. The molecule has 0 aliphatic carbocycles. The van der Waals surface area contributed by atoms with E-state index in [2.05, 4.69) is 25.4 Å². The van der Waals surface area contributed by atoms with E-state index in [1.807, 2.05) is 62.5 Å². The van der Waals surface area contributed by atoms with Gasteiger partial charge in [-0.3, -0.25) is 10.4 Å². The number of aromatic nitrogens is 2. The number of nitrogens with one attached hydrogen (secondary N) is 1. The number of aryl methyl sites for hydroxylation is 2. The van der Waals surface area contributed by atoms with Crippen LogP contribution in [0.1, 0.15) is 27.8 Å². The van der Waals surface area contributed by atoms with E-state index in [1.165, 1.54) is 0 Å². The first-order valence-corrected chi connectivity index (χ1v) is 12.6. The molecule has 0 bridgehead atoms. The van der Waals surface area contributed by atoms with Gasteiger partial charge in [0.25, 0.3) is 0 Å². The lowest BCUT2D eigenvalue weighted by Gasteiger charge is -2.60. The van der Waals surface area contributed by atoms with Crippen LogP contribution in [0.2, 0.25) is 0 Å². The summed E-state index contributed by atoms with van der Waals surface area (Å²) < 4.78 is 8.45. The van der Waals surface area contributed by atoms with Crippen molar-refractivity contribution in [3.63, 3.8) is 0 Å². The fraction of sp³-hybridized carbons (Fsp3) is 0.346. The minimum Gasteiger partial charge on any atom is -0.489 e. The molecule has 3 aromatic rings. The van der Waals surface area contributed by atoms with Gasteiger partial charge in [0.1, 0.15) is 18.2 Å². The molecular weight excluding hydrogens is 444 g/mol. The number of benzene rings is 1. The van der Waals surface area contributed by atoms with Gasteiger partial charge in [-0.05, 0) is 67.1 Å². The number of anilines is 2. The Morgan fingerprint density at radius 2 is 1.82 bits per heavy atom. The van der Waals surface area contributed by atoms with E-state index >= 15 is 0 Å². The van der Waals surface area contributed by atoms with Crippen molar-refractivity contribution in [1.82, 2.24) is 14.3 Å². The SMILES string of the molecule is CSN1CC2(C1)CN(c1ccc(C(=N)c3cc(OCc4c(C)cncc4C)ccc3N)cn1)C2. The third kappa shape index (κ3) is 4.23. The van der Waals surface area contributed by atoms with Gasteiger partial charge in [-0.25, -0.2) is 9.29 Å². The molecule has 5 rings (SSSR count). The van der Waals surface area contributed by atoms with Crippen molar-refractivity contribution in [3.8, 4) is 5.75 Å². The van der Waals surface area contributed by atoms with Crippen molar-refractivity contribution in [2.75, 3.05) is 43.1 Å². The quantitative estimate of drug-likeness (QED) is 0.303. The Morgan fingerprint density at radius 3 is 2.47 bits per heavy atom. The molecule has 4 heterocycles. The average molecular weight is 475 g/mol. The summed E-state index contributed by atoms with van der Waals surface area (Å²) in [6, 6.07) is 9.44. The Labute approximate surface area is 205 Å². The van der Waals surface area contributed by atoms with Crippen LogP contribution < -0.4 is 15.4 Å². The normalized spacial score (nSPS) is 16.7. The Hall–Kier alpha value is -3.10. The summed E-state index contributed by atoms with van der Waals surface area (Å²) in [6.07, 6.45) is 7.60. The van der Waals surface area contributed by atoms with Crippen molar-refractivity contribution >= 4 is 29.2 Å². The minimum atomic E-state index is 0.341. The van der Waals surface area contributed by atoms with Crippen LogP contribution in [0.5, 0.6) is 5.75 Å². The summed E-state index contributed by atoms with van der Waals surface area (Å²) in [7, 11) is 0. The second-order valence-corrected chi connectivity index (χ2v) is 10.3. The van der Waals surface area contributed by atoms with Gasteiger partial charge in [0.05, 0.1) is 5.71 Å². The van der Waals surface area contributed by atoms with Crippen LogP contribution in [0, 0.1) is 24.7 Å². The largest absolute Gasteiger partial charge is 0.489 e. The van der Waals surface area contributed by atoms with Crippen LogP contribution in [-0.2, 0) is 6.61 Å². The fourth-order valence-corrected chi connectivity index (χ4v) is 5.59. The first-order valence-electron chi connectivity index (χ1n) is 11.4. The number of rotatable bonds is 7. The molecular formula is C26H30N6OS. The van der Waals surface area contributed by atoms with Crippen molar-refractivity contribution < 1.29 is 4.74 Å². The summed E-state index contributed by atoms with van der Waals surface area (Å²) in [5, 5.41) is 8.75. The lowest BCUT2D eigenvalue weighted by atomic mass is 9.74. The zero-order valence-corrected chi connectivity index (χ0v) is 20.7. The summed E-state index contributed by atoms with van der Waals surface area (Å²) in [5.74, 6) is 1.65. The van der Waals surface area contributed by atoms with Gasteiger partial charge in [0.2, 0.25) is 0 Å². The Bertz CT molecular complexity index is 1190. The molecule has 0 amide bonds. The highest BCUT2D eigenvalue weighted by Gasteiger charge is 2.51. The van der Waals surface area contributed by atoms with Crippen LogP contribution in [-0.4, -0.2) is 52.4 Å². The highest BCUT2D eigenvalue weighted by atomic mass is 32.2. The van der Waals surface area contributed by atoms with Gasteiger partial charge in [-0.1, -0.05) is 11.9 Å². The zero-order valence-electron chi connectivity index (χ0n) is 19.8. The third-order valence-electron chi connectivity index (χ3n) is 6.86. The number of nitrogen functional groups attached to an aromatic ring is 1. The van der Waals surface area contributed by atoms with E-state index in [-0.39, 0.29) is 0 Å². The van der Waals surface area contributed by atoms with Crippen molar-refractivity contribution in [2.24, 2.45) is 5.41 Å². The van der Waals surface area contributed by atoms with E-state index in [0.29, 0.717) is 34.7 Å². The van der Waals surface area contributed by atoms with Gasteiger partial charge >= 0.3 is 0 Å². The predicted molar refractivity (Wildman–Crippen MR) is 139 cm³/mol. The molecule has 1 spiro atoms. The Balaban J connectivity index is 1.25. The molecule has 0 unspecified atom stereocenters. The first-order chi connectivity index (χ1) is 16.4. The average Bonchev–Trinajstić information content (AvgIpc) is 2.78. The highest BCUT2D eigenvalue weighted by Crippen LogP contribution is 2.43. The maximum Gasteiger partial charge on any atom is 0.128 e. The van der Waals surface area contributed by atoms with E-state index in [4.69, 9.17) is 15.9 Å². The Kier molecular flexibility index (Phi) is 5.95. The smallest absolute Gasteiger partial charge is 0.128 e. The summed E-state index contributed by atoms with van der Waals surface area (Å²) in [5.41, 5.74) is 12.3. The fourth-order valence-electron chi connectivity index (χ4n) is 4.79. The number of pyridine rings is 2. The summed E-state index contributed by atoms with van der Waals surface area (Å²) in [6.45, 7) is 8.93. The van der Waals surface area contributed by atoms with Gasteiger partial charge in [0.15, 0.2) is 0 Å². The molecule has 2 aromatic heterocycles. The van der Waals surface area contributed by atoms with E-state index in [0.717, 1.165) is 54.3 Å². The maximum absolute atomic E-state index is 8.75. The topological polar surface area (TPSA) is 91.4 Å². The number of hydrogen-bond acceptors (Lipinski definition) is 8. The molecule has 2 saturated heterocycles. The summed E-state index contributed by atoms with van der Waals surface area (Å²) >= 11 is 1.82. The van der Waals surface area contributed by atoms with Gasteiger partial charge in [0, 0.05) is 67.0 Å². The van der Waals surface area contributed by atoms with Crippen LogP contribution in [0.4, 0.5) is 11.5 Å². The van der Waals surface area contributed by atoms with Gasteiger partial charge < -0.3 is 15.4 Å². The molecule has 176 valence electrons. The lowest BCUT2D eigenvalue weighted by Crippen LogP contribution is -2.70. The molecule has 7 nitrogen and oxygen atoms in total. The lowest BCUT2D eigenvalue weighted by molar-refractivity contribution is 0.0474. The predicted octanol–water partition coefficient (Wildman–Crippen LogP) is 4.07. The molecule has 34 heavy (non-hydrogen) atoms. The van der Waals surface area contributed by atoms with E-state index < -0.39 is 0 Å². The maximum atomic E-state index is 8.75. The van der Waals surface area contributed by atoms with E-state index in [9.17, 15) is 0 Å². The molecule has 2 aliphatic heterocycles. The van der Waals surface area contributed by atoms with Crippen LogP contribution in [0.3, 0.4) is 0 Å². The molecule has 2 aliphatic rings. The van der Waals surface area contributed by atoms with Gasteiger partial charge in [-0.2, -0.15) is 0 Å². The molecule has 0 atom stereocenters. The standard InChI is InChI=1S/C26H30N6OS/c1-17-9-29-10-18(2)22(17)12-33-20-5-6-23(27)21(8-20)25(28)19-4-7-24(30-11-19)31-13-26(14-31)15-32(16-26)34-3/h4-11,28H,12-16,27H2,1-3H3. The Morgan fingerprint density at radius 1 is 1.09 bits per heavy atom. The van der Waals surface area contributed by atoms with Gasteiger partial charge in [-0.15, -0.1) is 0 Å².